The number of piperazine rings is 1. The van der Waals surface area contributed by atoms with Crippen LogP contribution >= 0.6 is 0 Å². The lowest BCUT2D eigenvalue weighted by molar-refractivity contribution is -0.145. The summed E-state index contributed by atoms with van der Waals surface area (Å²) >= 11 is 0. The molecule has 1 rings (SSSR count). The summed E-state index contributed by atoms with van der Waals surface area (Å²) in [6.45, 7) is 6.60. The molecular formula is C12H21N3O5. The largest absolute Gasteiger partial charge is 0.481 e. The van der Waals surface area contributed by atoms with E-state index >= 15 is 0 Å². The van der Waals surface area contributed by atoms with Crippen LogP contribution in [-0.2, 0) is 9.59 Å². The molecule has 1 heterocycles. The highest BCUT2D eigenvalue weighted by Crippen LogP contribution is 2.06. The molecule has 1 aliphatic heterocycles. The van der Waals surface area contributed by atoms with Crippen molar-refractivity contribution in [2.75, 3.05) is 26.2 Å². The van der Waals surface area contributed by atoms with E-state index in [1.807, 2.05) is 0 Å². The second-order valence-corrected chi connectivity index (χ2v) is 5.05. The van der Waals surface area contributed by atoms with Gasteiger partial charge < -0.3 is 20.4 Å². The number of aliphatic carboxylic acids is 2. The summed E-state index contributed by atoms with van der Waals surface area (Å²) in [4.78, 5) is 37.1. The van der Waals surface area contributed by atoms with Crippen LogP contribution < -0.4 is 5.32 Å². The van der Waals surface area contributed by atoms with Gasteiger partial charge in [0.15, 0.2) is 0 Å². The zero-order valence-corrected chi connectivity index (χ0v) is 11.7. The van der Waals surface area contributed by atoms with Crippen molar-refractivity contribution in [2.45, 2.75) is 32.4 Å². The van der Waals surface area contributed by atoms with Crippen molar-refractivity contribution < 1.29 is 24.6 Å². The molecule has 3 N–H and O–H groups in total. The summed E-state index contributed by atoms with van der Waals surface area (Å²) < 4.78 is 0. The number of carbonyl (C=O) groups is 3. The van der Waals surface area contributed by atoms with E-state index in [0.717, 1.165) is 13.1 Å². The normalized spacial score (nSPS) is 17.9. The average molecular weight is 287 g/mol. The van der Waals surface area contributed by atoms with Crippen molar-refractivity contribution in [3.63, 3.8) is 0 Å². The molecule has 1 fully saturated rings. The molecule has 1 atom stereocenters. The molecule has 20 heavy (non-hydrogen) atoms. The standard InChI is InChI=1S/C12H21N3O5/c1-8(2)14-3-5-15(6-4-14)12(20)13-9(11(18)19)7-10(16)17/h8-9H,3-7H2,1-2H3,(H,13,20)(H,16,17)(H,18,19)/t9-/m1/s1. The molecule has 0 saturated carbocycles. The number of carboxylic acid groups (broad SMARTS) is 2. The van der Waals surface area contributed by atoms with Gasteiger partial charge in [0, 0.05) is 32.2 Å². The van der Waals surface area contributed by atoms with Gasteiger partial charge in [0.05, 0.1) is 6.42 Å². The van der Waals surface area contributed by atoms with Crippen LogP contribution in [0.15, 0.2) is 0 Å². The van der Waals surface area contributed by atoms with E-state index in [9.17, 15) is 14.4 Å². The Morgan fingerprint density at radius 2 is 1.65 bits per heavy atom. The Morgan fingerprint density at radius 3 is 2.05 bits per heavy atom. The van der Waals surface area contributed by atoms with Gasteiger partial charge in [-0.3, -0.25) is 9.69 Å². The molecule has 0 aromatic rings. The molecule has 0 bridgehead atoms. The van der Waals surface area contributed by atoms with E-state index < -0.39 is 30.4 Å². The monoisotopic (exact) mass is 287 g/mol. The fraction of sp³-hybridized carbons (Fsp3) is 0.750. The molecule has 0 radical (unpaired) electrons. The summed E-state index contributed by atoms with van der Waals surface area (Å²) in [5.74, 6) is -2.61. The second kappa shape index (κ2) is 7.09. The molecule has 8 heteroatoms. The molecule has 1 aliphatic rings. The topological polar surface area (TPSA) is 110 Å². The van der Waals surface area contributed by atoms with Crippen LogP contribution in [0.2, 0.25) is 0 Å². The van der Waals surface area contributed by atoms with Gasteiger partial charge in [-0.25, -0.2) is 9.59 Å². The van der Waals surface area contributed by atoms with E-state index in [1.165, 1.54) is 4.90 Å². The van der Waals surface area contributed by atoms with Gasteiger partial charge in [0.1, 0.15) is 6.04 Å². The molecule has 1 saturated heterocycles. The molecular weight excluding hydrogens is 266 g/mol. The molecule has 0 spiro atoms. The quantitative estimate of drug-likeness (QED) is 0.637. The Morgan fingerprint density at radius 1 is 1.10 bits per heavy atom. The molecule has 0 aromatic heterocycles. The number of hydrogen-bond donors (Lipinski definition) is 3. The Labute approximate surface area is 117 Å². The van der Waals surface area contributed by atoms with Crippen LogP contribution in [-0.4, -0.2) is 76.2 Å². The van der Waals surface area contributed by atoms with Crippen LogP contribution in [0.1, 0.15) is 20.3 Å². The third kappa shape index (κ3) is 4.69. The number of hydrogen-bond acceptors (Lipinski definition) is 4. The first-order valence-electron chi connectivity index (χ1n) is 6.55. The highest BCUT2D eigenvalue weighted by atomic mass is 16.4. The molecule has 8 nitrogen and oxygen atoms in total. The van der Waals surface area contributed by atoms with Crippen molar-refractivity contribution in [1.29, 1.82) is 0 Å². The third-order valence-electron chi connectivity index (χ3n) is 3.31. The van der Waals surface area contributed by atoms with E-state index in [1.54, 1.807) is 0 Å². The lowest BCUT2D eigenvalue weighted by Crippen LogP contribution is -2.55. The summed E-state index contributed by atoms with van der Waals surface area (Å²) in [5.41, 5.74) is 0. The first-order chi connectivity index (χ1) is 9.31. The summed E-state index contributed by atoms with van der Waals surface area (Å²) in [6, 6.07) is -1.52. The predicted octanol–water partition coefficient (Wildman–Crippen LogP) is -0.350. The van der Waals surface area contributed by atoms with Crippen molar-refractivity contribution in [2.24, 2.45) is 0 Å². The van der Waals surface area contributed by atoms with Crippen LogP contribution in [0.3, 0.4) is 0 Å². The van der Waals surface area contributed by atoms with E-state index in [0.29, 0.717) is 19.1 Å². The van der Waals surface area contributed by atoms with Crippen molar-refractivity contribution >= 4 is 18.0 Å². The number of carboxylic acids is 2. The fourth-order valence-electron chi connectivity index (χ4n) is 2.06. The number of nitrogens with one attached hydrogen (secondary N) is 1. The van der Waals surface area contributed by atoms with Crippen LogP contribution in [0, 0.1) is 0 Å². The van der Waals surface area contributed by atoms with E-state index in [2.05, 4.69) is 24.1 Å². The van der Waals surface area contributed by atoms with Gasteiger partial charge in [-0.05, 0) is 13.8 Å². The summed E-state index contributed by atoms with van der Waals surface area (Å²) in [6.07, 6.45) is -0.632. The maximum Gasteiger partial charge on any atom is 0.326 e. The molecule has 114 valence electrons. The van der Waals surface area contributed by atoms with Crippen molar-refractivity contribution in [1.82, 2.24) is 15.1 Å². The number of nitrogens with zero attached hydrogens (tertiary/aromatic N) is 2. The zero-order valence-electron chi connectivity index (χ0n) is 11.7. The third-order valence-corrected chi connectivity index (χ3v) is 3.31. The zero-order chi connectivity index (χ0) is 15.3. The minimum atomic E-state index is -1.40. The van der Waals surface area contributed by atoms with E-state index in [-0.39, 0.29) is 0 Å². The Kier molecular flexibility index (Phi) is 5.75. The van der Waals surface area contributed by atoms with Crippen molar-refractivity contribution in [3.05, 3.63) is 0 Å². The number of amides is 2. The first-order valence-corrected chi connectivity index (χ1v) is 6.55. The summed E-state index contributed by atoms with van der Waals surface area (Å²) in [7, 11) is 0. The molecule has 0 aliphatic carbocycles. The highest BCUT2D eigenvalue weighted by Gasteiger charge is 2.27. The van der Waals surface area contributed by atoms with Crippen LogP contribution in [0.4, 0.5) is 4.79 Å². The number of carbonyl (C=O) groups excluding carboxylic acids is 1. The Bertz CT molecular complexity index is 377. The molecule has 0 aromatic carbocycles. The second-order valence-electron chi connectivity index (χ2n) is 5.05. The lowest BCUT2D eigenvalue weighted by Gasteiger charge is -2.37. The van der Waals surface area contributed by atoms with Gasteiger partial charge in [0.2, 0.25) is 0 Å². The van der Waals surface area contributed by atoms with Crippen LogP contribution in [0.25, 0.3) is 0 Å². The van der Waals surface area contributed by atoms with Gasteiger partial charge >= 0.3 is 18.0 Å². The number of rotatable bonds is 5. The van der Waals surface area contributed by atoms with Gasteiger partial charge in [-0.15, -0.1) is 0 Å². The highest BCUT2D eigenvalue weighted by molar-refractivity contribution is 5.86. The minimum absolute atomic E-state index is 0.402. The fourth-order valence-corrected chi connectivity index (χ4v) is 2.06. The van der Waals surface area contributed by atoms with Gasteiger partial charge in [0.25, 0.3) is 0 Å². The maximum atomic E-state index is 11.9. The molecule has 0 unspecified atom stereocenters. The number of urea groups is 1. The maximum absolute atomic E-state index is 11.9. The van der Waals surface area contributed by atoms with Gasteiger partial charge in [-0.2, -0.15) is 0 Å². The SMILES string of the molecule is CC(C)N1CCN(C(=O)N[C@H](CC(=O)O)C(=O)O)CC1. The lowest BCUT2D eigenvalue weighted by atomic mass is 10.2. The first kappa shape index (κ1) is 16.2. The molecule has 2 amide bonds. The minimum Gasteiger partial charge on any atom is -0.481 e. The predicted molar refractivity (Wildman–Crippen MR) is 70.5 cm³/mol. The Balaban J connectivity index is 2.50. The summed E-state index contributed by atoms with van der Waals surface area (Å²) in [5, 5.41) is 19.7. The van der Waals surface area contributed by atoms with Gasteiger partial charge in [-0.1, -0.05) is 0 Å². The van der Waals surface area contributed by atoms with Crippen LogP contribution in [0.5, 0.6) is 0 Å². The van der Waals surface area contributed by atoms with E-state index in [4.69, 9.17) is 10.2 Å². The average Bonchev–Trinajstić information content (AvgIpc) is 2.37. The smallest absolute Gasteiger partial charge is 0.326 e. The Hall–Kier alpha value is -1.83. The van der Waals surface area contributed by atoms with Crippen molar-refractivity contribution in [3.8, 4) is 0 Å².